The maximum absolute atomic E-state index is 11.2. The van der Waals surface area contributed by atoms with Gasteiger partial charge in [-0.2, -0.15) is 0 Å². The van der Waals surface area contributed by atoms with Crippen molar-refractivity contribution in [2.24, 2.45) is 10.8 Å². The van der Waals surface area contributed by atoms with Crippen LogP contribution < -0.4 is 0 Å². The summed E-state index contributed by atoms with van der Waals surface area (Å²) in [6.45, 7) is 0. The monoisotopic (exact) mass is 446 g/mol. The van der Waals surface area contributed by atoms with Gasteiger partial charge in [0.2, 0.25) is 0 Å². The summed E-state index contributed by atoms with van der Waals surface area (Å²) in [5.74, 6) is -0.963. The van der Waals surface area contributed by atoms with Crippen molar-refractivity contribution in [1.82, 2.24) is 0 Å². The molecule has 6 heteroatoms. The van der Waals surface area contributed by atoms with E-state index in [1.54, 1.807) is 12.1 Å². The average Bonchev–Trinajstić information content (AvgIpc) is 3.66. The number of aromatic hydroxyl groups is 2. The molecule has 0 saturated heterocycles. The maximum Gasteiger partial charge on any atom is 0.309 e. The highest BCUT2D eigenvalue weighted by atomic mass is 16.4. The maximum atomic E-state index is 11.2. The van der Waals surface area contributed by atoms with Crippen LogP contribution >= 0.6 is 0 Å². The van der Waals surface area contributed by atoms with Crippen LogP contribution in [0.25, 0.3) is 0 Å². The third kappa shape index (κ3) is 6.17. The molecule has 6 nitrogen and oxygen atoms in total. The number of aliphatic carboxylic acids is 2. The van der Waals surface area contributed by atoms with Crippen molar-refractivity contribution in [3.05, 3.63) is 23.3 Å². The van der Waals surface area contributed by atoms with Gasteiger partial charge in [0.15, 0.2) is 0 Å². The predicted octanol–water partition coefficient (Wildman–Crippen LogP) is 5.81. The van der Waals surface area contributed by atoms with Crippen molar-refractivity contribution in [3.63, 3.8) is 0 Å². The summed E-state index contributed by atoms with van der Waals surface area (Å²) in [5, 5.41) is 39.3. The van der Waals surface area contributed by atoms with Crippen LogP contribution in [0.1, 0.15) is 101 Å². The number of carbonyl (C=O) groups is 2. The third-order valence-electron chi connectivity index (χ3n) is 7.64. The molecule has 3 rings (SSSR count). The van der Waals surface area contributed by atoms with Gasteiger partial charge in [-0.05, 0) is 75.8 Å². The summed E-state index contributed by atoms with van der Waals surface area (Å²) in [4.78, 5) is 22.4. The van der Waals surface area contributed by atoms with E-state index in [2.05, 4.69) is 0 Å². The quantitative estimate of drug-likeness (QED) is 0.238. The molecular formula is C26H38O6. The smallest absolute Gasteiger partial charge is 0.309 e. The van der Waals surface area contributed by atoms with Crippen LogP contribution in [0.5, 0.6) is 11.5 Å². The van der Waals surface area contributed by atoms with Crippen LogP contribution in [0.4, 0.5) is 0 Å². The van der Waals surface area contributed by atoms with E-state index >= 15 is 0 Å². The molecule has 0 aliphatic heterocycles. The molecule has 2 aliphatic rings. The highest BCUT2D eigenvalue weighted by Crippen LogP contribution is 2.50. The Morgan fingerprint density at radius 2 is 1.16 bits per heavy atom. The molecule has 0 heterocycles. The second kappa shape index (κ2) is 10.6. The van der Waals surface area contributed by atoms with E-state index in [1.165, 1.54) is 0 Å². The molecule has 178 valence electrons. The van der Waals surface area contributed by atoms with Crippen LogP contribution in [-0.4, -0.2) is 32.4 Å². The summed E-state index contributed by atoms with van der Waals surface area (Å²) < 4.78 is 0. The number of carboxylic acid groups (broad SMARTS) is 2. The molecule has 0 unspecified atom stereocenters. The minimum Gasteiger partial charge on any atom is -0.508 e. The van der Waals surface area contributed by atoms with Crippen molar-refractivity contribution < 1.29 is 30.0 Å². The molecule has 0 aromatic heterocycles. The van der Waals surface area contributed by atoms with Crippen LogP contribution in [0.15, 0.2) is 12.1 Å². The second-order valence-corrected chi connectivity index (χ2v) is 10.1. The number of aryl methyl sites for hydroxylation is 1. The summed E-state index contributed by atoms with van der Waals surface area (Å²) >= 11 is 0. The lowest BCUT2D eigenvalue weighted by Crippen LogP contribution is -2.14. The van der Waals surface area contributed by atoms with Crippen molar-refractivity contribution in [3.8, 4) is 11.5 Å². The molecule has 2 aliphatic carbocycles. The Labute approximate surface area is 190 Å². The van der Waals surface area contributed by atoms with Gasteiger partial charge >= 0.3 is 11.9 Å². The van der Waals surface area contributed by atoms with Gasteiger partial charge in [0.05, 0.1) is 10.8 Å². The molecular weight excluding hydrogens is 408 g/mol. The lowest BCUT2D eigenvalue weighted by molar-refractivity contribution is -0.144. The number of phenols is 2. The molecule has 0 bridgehead atoms. The van der Waals surface area contributed by atoms with Crippen molar-refractivity contribution >= 4 is 11.9 Å². The fourth-order valence-corrected chi connectivity index (χ4v) is 4.82. The third-order valence-corrected chi connectivity index (χ3v) is 7.64. The average molecular weight is 447 g/mol. The van der Waals surface area contributed by atoms with E-state index in [0.29, 0.717) is 12.0 Å². The second-order valence-electron chi connectivity index (χ2n) is 10.1. The first-order valence-electron chi connectivity index (χ1n) is 12.3. The molecule has 2 fully saturated rings. The van der Waals surface area contributed by atoms with Gasteiger partial charge in [0.1, 0.15) is 11.5 Å². The van der Waals surface area contributed by atoms with E-state index in [0.717, 1.165) is 102 Å². The number of phenolic OH excluding ortho intramolecular Hbond substituents is 2. The Hall–Kier alpha value is -2.24. The SMILES string of the molecule is O=C(O)C1(CCCCCCc2ccc(O)c(CCCCCCC3(C(=O)O)CC3)c2O)CC1. The fraction of sp³-hybridized carbons (Fsp3) is 0.692. The largest absolute Gasteiger partial charge is 0.508 e. The summed E-state index contributed by atoms with van der Waals surface area (Å²) in [6, 6.07) is 3.45. The molecule has 0 radical (unpaired) electrons. The van der Waals surface area contributed by atoms with Crippen LogP contribution in [0, 0.1) is 10.8 Å². The standard InChI is InChI=1S/C26H38O6/c27-21-12-11-19(9-5-1-3-7-13-25(15-16-25)23(29)30)22(28)20(21)10-6-2-4-8-14-26(17-18-26)24(31)32/h11-12,27-28H,1-10,13-18H2,(H,29,30)(H,31,32). The molecule has 1 aromatic carbocycles. The Kier molecular flexibility index (Phi) is 8.07. The Balaban J connectivity index is 1.33. The fourth-order valence-electron chi connectivity index (χ4n) is 4.82. The minimum absolute atomic E-state index is 0.137. The molecule has 32 heavy (non-hydrogen) atoms. The molecule has 2 saturated carbocycles. The predicted molar refractivity (Wildman–Crippen MR) is 122 cm³/mol. The highest BCUT2D eigenvalue weighted by Gasteiger charge is 2.49. The molecule has 0 atom stereocenters. The Morgan fingerprint density at radius 1 is 0.688 bits per heavy atom. The minimum atomic E-state index is -0.656. The zero-order valence-corrected chi connectivity index (χ0v) is 19.1. The van der Waals surface area contributed by atoms with Gasteiger partial charge in [-0.15, -0.1) is 0 Å². The number of benzene rings is 1. The van der Waals surface area contributed by atoms with Crippen LogP contribution in [0.2, 0.25) is 0 Å². The molecule has 0 amide bonds. The van der Waals surface area contributed by atoms with Crippen LogP contribution in [0.3, 0.4) is 0 Å². The first-order chi connectivity index (χ1) is 15.3. The van der Waals surface area contributed by atoms with Crippen molar-refractivity contribution in [1.29, 1.82) is 0 Å². The zero-order valence-electron chi connectivity index (χ0n) is 19.1. The number of rotatable bonds is 16. The van der Waals surface area contributed by atoms with E-state index in [1.807, 2.05) is 0 Å². The van der Waals surface area contributed by atoms with Gasteiger partial charge in [-0.1, -0.05) is 44.6 Å². The van der Waals surface area contributed by atoms with E-state index < -0.39 is 22.8 Å². The van der Waals surface area contributed by atoms with Crippen molar-refractivity contribution in [2.75, 3.05) is 0 Å². The summed E-state index contributed by atoms with van der Waals surface area (Å²) in [6.07, 6.45) is 13.7. The lowest BCUT2D eigenvalue weighted by atomic mass is 9.95. The van der Waals surface area contributed by atoms with Crippen LogP contribution in [-0.2, 0) is 22.4 Å². The van der Waals surface area contributed by atoms with Gasteiger partial charge in [-0.25, -0.2) is 0 Å². The molecule has 0 spiro atoms. The number of carboxylic acids is 2. The topological polar surface area (TPSA) is 115 Å². The van der Waals surface area contributed by atoms with Gasteiger partial charge in [-0.3, -0.25) is 9.59 Å². The number of hydrogen-bond acceptors (Lipinski definition) is 4. The lowest BCUT2D eigenvalue weighted by Gasteiger charge is -2.13. The van der Waals surface area contributed by atoms with E-state index in [-0.39, 0.29) is 11.5 Å². The van der Waals surface area contributed by atoms with Gasteiger partial charge in [0, 0.05) is 5.56 Å². The molecule has 4 N–H and O–H groups in total. The van der Waals surface area contributed by atoms with Gasteiger partial charge in [0.25, 0.3) is 0 Å². The van der Waals surface area contributed by atoms with E-state index in [9.17, 15) is 30.0 Å². The zero-order chi connectivity index (χ0) is 23.2. The Morgan fingerprint density at radius 3 is 1.62 bits per heavy atom. The summed E-state index contributed by atoms with van der Waals surface area (Å²) in [5.41, 5.74) is 0.600. The molecule has 1 aromatic rings. The van der Waals surface area contributed by atoms with Gasteiger partial charge < -0.3 is 20.4 Å². The number of unbranched alkanes of at least 4 members (excludes halogenated alkanes) is 6. The Bertz CT molecular complexity index is 807. The van der Waals surface area contributed by atoms with Crippen molar-refractivity contribution in [2.45, 2.75) is 103 Å². The first kappa shape index (κ1) is 24.4. The first-order valence-corrected chi connectivity index (χ1v) is 12.3. The normalized spacial score (nSPS) is 17.8. The number of hydrogen-bond donors (Lipinski definition) is 4. The highest BCUT2D eigenvalue weighted by molar-refractivity contribution is 5.78. The summed E-state index contributed by atoms with van der Waals surface area (Å²) in [7, 11) is 0. The van der Waals surface area contributed by atoms with E-state index in [4.69, 9.17) is 0 Å².